The smallest absolute Gasteiger partial charge is 0.248 e. The summed E-state index contributed by atoms with van der Waals surface area (Å²) >= 11 is 0. The zero-order valence-corrected chi connectivity index (χ0v) is 10.2. The topological polar surface area (TPSA) is 88.9 Å². The van der Waals surface area contributed by atoms with Gasteiger partial charge in [0.2, 0.25) is 17.8 Å². The molecule has 1 aliphatic rings. The molecule has 8 heteroatoms. The van der Waals surface area contributed by atoms with Crippen molar-refractivity contribution < 1.29 is 14.0 Å². The molecule has 0 aliphatic carbocycles. The van der Waals surface area contributed by atoms with E-state index in [-0.39, 0.29) is 30.0 Å². The van der Waals surface area contributed by atoms with Crippen LogP contribution in [0.15, 0.2) is 30.6 Å². The van der Waals surface area contributed by atoms with Crippen molar-refractivity contribution in [3.05, 3.63) is 36.4 Å². The Morgan fingerprint density at radius 1 is 1.40 bits per heavy atom. The molecule has 7 nitrogen and oxygen atoms in total. The Labute approximate surface area is 112 Å². The summed E-state index contributed by atoms with van der Waals surface area (Å²) in [5.41, 5.74) is 0.456. The molecule has 3 rings (SSSR count). The second kappa shape index (κ2) is 4.72. The van der Waals surface area contributed by atoms with Crippen molar-refractivity contribution in [3.8, 4) is 0 Å². The highest BCUT2D eigenvalue weighted by Crippen LogP contribution is 2.23. The van der Waals surface area contributed by atoms with Crippen LogP contribution in [-0.2, 0) is 9.59 Å². The van der Waals surface area contributed by atoms with Crippen LogP contribution in [0.1, 0.15) is 12.5 Å². The number of aromatic nitrogens is 3. The van der Waals surface area contributed by atoms with E-state index < -0.39 is 6.04 Å². The molecule has 1 atom stereocenters. The van der Waals surface area contributed by atoms with Crippen LogP contribution in [0.5, 0.6) is 0 Å². The lowest BCUT2D eigenvalue weighted by molar-refractivity contribution is -0.125. The summed E-state index contributed by atoms with van der Waals surface area (Å²) in [4.78, 5) is 23.7. The van der Waals surface area contributed by atoms with E-state index in [4.69, 9.17) is 0 Å². The molecule has 0 spiro atoms. The van der Waals surface area contributed by atoms with Crippen LogP contribution < -0.4 is 10.6 Å². The predicted octanol–water partition coefficient (Wildman–Crippen LogP) is 0.939. The minimum absolute atomic E-state index is 0.00192. The van der Waals surface area contributed by atoms with Crippen LogP contribution >= 0.6 is 0 Å². The highest BCUT2D eigenvalue weighted by atomic mass is 19.1. The van der Waals surface area contributed by atoms with Gasteiger partial charge in [-0.3, -0.25) is 19.5 Å². The number of hydrogen-bond donors (Lipinski definition) is 2. The van der Waals surface area contributed by atoms with Gasteiger partial charge in [0.05, 0.1) is 6.42 Å². The number of amides is 2. The van der Waals surface area contributed by atoms with Crippen molar-refractivity contribution in [3.63, 3.8) is 0 Å². The Bertz CT molecular complexity index is 667. The van der Waals surface area contributed by atoms with Crippen molar-refractivity contribution in [2.75, 3.05) is 10.6 Å². The quantitative estimate of drug-likeness (QED) is 0.853. The first-order valence-electron chi connectivity index (χ1n) is 5.89. The SMILES string of the molecule is O=C1C[C@@H](C(=O)Nc2ccc(F)cc2)n2cnnc2N1. The third kappa shape index (κ3) is 2.22. The van der Waals surface area contributed by atoms with E-state index in [1.807, 2.05) is 0 Å². The molecule has 1 aromatic carbocycles. The molecular formula is C12H10FN5O2. The highest BCUT2D eigenvalue weighted by Gasteiger charge is 2.31. The normalized spacial score (nSPS) is 17.2. The average molecular weight is 275 g/mol. The van der Waals surface area contributed by atoms with Gasteiger partial charge in [0.25, 0.3) is 0 Å². The maximum atomic E-state index is 12.8. The van der Waals surface area contributed by atoms with Gasteiger partial charge in [-0.1, -0.05) is 0 Å². The lowest BCUT2D eigenvalue weighted by Gasteiger charge is -2.23. The molecular weight excluding hydrogens is 265 g/mol. The van der Waals surface area contributed by atoms with Crippen LogP contribution in [0, 0.1) is 5.82 Å². The summed E-state index contributed by atoms with van der Waals surface area (Å²) in [7, 11) is 0. The molecule has 0 saturated carbocycles. The van der Waals surface area contributed by atoms with Crippen LogP contribution in [0.3, 0.4) is 0 Å². The van der Waals surface area contributed by atoms with E-state index in [2.05, 4.69) is 20.8 Å². The van der Waals surface area contributed by atoms with Gasteiger partial charge in [-0.15, -0.1) is 10.2 Å². The summed E-state index contributed by atoms with van der Waals surface area (Å²) < 4.78 is 14.3. The van der Waals surface area contributed by atoms with Crippen molar-refractivity contribution in [2.45, 2.75) is 12.5 Å². The molecule has 0 bridgehead atoms. The van der Waals surface area contributed by atoms with Gasteiger partial charge in [-0.2, -0.15) is 0 Å². The van der Waals surface area contributed by atoms with E-state index in [9.17, 15) is 14.0 Å². The van der Waals surface area contributed by atoms with Gasteiger partial charge >= 0.3 is 0 Å². The fraction of sp³-hybridized carbons (Fsp3) is 0.167. The summed E-state index contributed by atoms with van der Waals surface area (Å²) in [6, 6.07) is 4.66. The molecule has 0 unspecified atom stereocenters. The molecule has 1 aliphatic heterocycles. The lowest BCUT2D eigenvalue weighted by atomic mass is 10.1. The molecule has 2 aromatic rings. The molecule has 20 heavy (non-hydrogen) atoms. The molecule has 102 valence electrons. The zero-order valence-electron chi connectivity index (χ0n) is 10.2. The number of anilines is 2. The van der Waals surface area contributed by atoms with Gasteiger partial charge in [0, 0.05) is 5.69 Å². The molecule has 2 N–H and O–H groups in total. The van der Waals surface area contributed by atoms with E-state index in [1.54, 1.807) is 0 Å². The van der Waals surface area contributed by atoms with Gasteiger partial charge < -0.3 is 5.32 Å². The maximum absolute atomic E-state index is 12.8. The largest absolute Gasteiger partial charge is 0.324 e. The Morgan fingerprint density at radius 2 is 2.15 bits per heavy atom. The number of carbonyl (C=O) groups is 2. The monoisotopic (exact) mass is 275 g/mol. The number of benzene rings is 1. The Hall–Kier alpha value is -2.77. The van der Waals surface area contributed by atoms with E-state index >= 15 is 0 Å². The first-order chi connectivity index (χ1) is 9.63. The lowest BCUT2D eigenvalue weighted by Crippen LogP contribution is -2.35. The number of fused-ring (bicyclic) bond motifs is 1. The summed E-state index contributed by atoms with van der Waals surface area (Å²) in [5.74, 6) is -0.834. The van der Waals surface area contributed by atoms with Crippen molar-refractivity contribution in [1.82, 2.24) is 14.8 Å². The number of nitrogens with zero attached hydrogens (tertiary/aromatic N) is 3. The van der Waals surface area contributed by atoms with Gasteiger partial charge in [0.15, 0.2) is 0 Å². The maximum Gasteiger partial charge on any atom is 0.248 e. The van der Waals surface area contributed by atoms with Crippen molar-refractivity contribution >= 4 is 23.5 Å². The number of nitrogens with one attached hydrogen (secondary N) is 2. The molecule has 2 amide bonds. The Balaban J connectivity index is 1.81. The van der Waals surface area contributed by atoms with E-state index in [0.29, 0.717) is 5.69 Å². The van der Waals surface area contributed by atoms with Crippen LogP contribution in [-0.4, -0.2) is 26.6 Å². The van der Waals surface area contributed by atoms with Gasteiger partial charge in [0.1, 0.15) is 18.2 Å². The number of halogens is 1. The fourth-order valence-corrected chi connectivity index (χ4v) is 1.99. The second-order valence-electron chi connectivity index (χ2n) is 4.33. The first kappa shape index (κ1) is 12.3. The number of rotatable bonds is 2. The summed E-state index contributed by atoms with van der Waals surface area (Å²) in [5, 5.41) is 12.5. The first-order valence-corrected chi connectivity index (χ1v) is 5.89. The fourth-order valence-electron chi connectivity index (χ4n) is 1.99. The Kier molecular flexibility index (Phi) is 2.90. The number of hydrogen-bond acceptors (Lipinski definition) is 4. The van der Waals surface area contributed by atoms with E-state index in [0.717, 1.165) is 0 Å². The zero-order chi connectivity index (χ0) is 14.1. The van der Waals surface area contributed by atoms with Crippen molar-refractivity contribution in [2.24, 2.45) is 0 Å². The second-order valence-corrected chi connectivity index (χ2v) is 4.33. The molecule has 2 heterocycles. The van der Waals surface area contributed by atoms with Crippen molar-refractivity contribution in [1.29, 1.82) is 0 Å². The van der Waals surface area contributed by atoms with Crippen LogP contribution in [0.4, 0.5) is 16.0 Å². The highest BCUT2D eigenvalue weighted by molar-refractivity contribution is 6.00. The molecule has 0 fully saturated rings. The molecule has 1 aromatic heterocycles. The van der Waals surface area contributed by atoms with Gasteiger partial charge in [-0.05, 0) is 24.3 Å². The molecule has 0 radical (unpaired) electrons. The average Bonchev–Trinajstić information content (AvgIpc) is 2.88. The van der Waals surface area contributed by atoms with Crippen LogP contribution in [0.2, 0.25) is 0 Å². The predicted molar refractivity (Wildman–Crippen MR) is 67.3 cm³/mol. The third-order valence-electron chi connectivity index (χ3n) is 2.95. The molecule has 0 saturated heterocycles. The summed E-state index contributed by atoms with van der Waals surface area (Å²) in [6.45, 7) is 0. The van der Waals surface area contributed by atoms with Gasteiger partial charge in [-0.25, -0.2) is 4.39 Å². The minimum atomic E-state index is -0.723. The third-order valence-corrected chi connectivity index (χ3v) is 2.95. The minimum Gasteiger partial charge on any atom is -0.324 e. The standard InChI is InChI=1S/C12H10FN5O2/c13-7-1-3-8(4-2-7)15-11(20)9-5-10(19)16-12-17-14-6-18(9)12/h1-4,6,9H,5H2,(H,15,20)(H,16,17,19)/t9-/m0/s1. The van der Waals surface area contributed by atoms with E-state index in [1.165, 1.54) is 35.2 Å². The summed E-state index contributed by atoms with van der Waals surface area (Å²) in [6.07, 6.45) is 1.38. The number of carbonyl (C=O) groups excluding carboxylic acids is 2. The van der Waals surface area contributed by atoms with Crippen LogP contribution in [0.25, 0.3) is 0 Å². The Morgan fingerprint density at radius 3 is 2.90 bits per heavy atom.